The van der Waals surface area contributed by atoms with Gasteiger partial charge in [-0.15, -0.1) is 12.4 Å². The van der Waals surface area contributed by atoms with Gasteiger partial charge in [0, 0.05) is 6.54 Å². The topological polar surface area (TPSA) is 92.4 Å². The van der Waals surface area contributed by atoms with Crippen LogP contribution in [0.2, 0.25) is 0 Å². The number of ether oxygens (including phenoxy) is 1. The van der Waals surface area contributed by atoms with Gasteiger partial charge >= 0.3 is 6.09 Å². The Bertz CT molecular complexity index is 1220. The van der Waals surface area contributed by atoms with E-state index in [1.54, 1.807) is 0 Å². The highest BCUT2D eigenvalue weighted by Gasteiger charge is 2.23. The summed E-state index contributed by atoms with van der Waals surface area (Å²) in [5.74, 6) is 1.06. The number of likely N-dealkylation sites (tertiary alicyclic amines) is 2. The molecule has 7 nitrogen and oxygen atoms in total. The molecule has 0 spiro atoms. The van der Waals surface area contributed by atoms with E-state index in [1.807, 2.05) is 51.1 Å². The summed E-state index contributed by atoms with van der Waals surface area (Å²) in [5.41, 5.74) is 3.67. The first-order valence-corrected chi connectivity index (χ1v) is 16.1. The minimum Gasteiger partial charge on any atom is -0.444 e. The number of nitrogens with zero attached hydrogens (tertiary/aromatic N) is 4. The lowest BCUT2D eigenvalue weighted by molar-refractivity contribution is 0.0525. The Morgan fingerprint density at radius 1 is 0.818 bits per heavy atom. The van der Waals surface area contributed by atoms with Crippen LogP contribution in [0.1, 0.15) is 107 Å². The van der Waals surface area contributed by atoms with Gasteiger partial charge in [0.1, 0.15) is 5.60 Å². The van der Waals surface area contributed by atoms with E-state index in [4.69, 9.17) is 10.00 Å². The maximum Gasteiger partial charge on any atom is 0.407 e. The second kappa shape index (κ2) is 19.3. The molecule has 0 saturated carbocycles. The van der Waals surface area contributed by atoms with Crippen molar-refractivity contribution in [1.29, 1.82) is 10.5 Å². The number of carbonyl (C=O) groups is 1. The maximum absolute atomic E-state index is 11.6. The average Bonchev–Trinajstić information content (AvgIpc) is 3.02. The summed E-state index contributed by atoms with van der Waals surface area (Å²) in [5, 5.41) is 21.2. The third-order valence-corrected chi connectivity index (χ3v) is 8.36. The van der Waals surface area contributed by atoms with Crippen molar-refractivity contribution in [2.45, 2.75) is 90.1 Å². The molecule has 240 valence electrons. The molecular formula is C36H52ClN5O2. The number of amides is 1. The van der Waals surface area contributed by atoms with Crippen LogP contribution in [0, 0.1) is 22.7 Å². The molecule has 2 aromatic carbocycles. The molecule has 2 aliphatic heterocycles. The van der Waals surface area contributed by atoms with Crippen LogP contribution in [-0.2, 0) is 4.74 Å². The molecule has 2 aromatic rings. The van der Waals surface area contributed by atoms with Crippen LogP contribution in [0.25, 0.3) is 0 Å². The first-order valence-electron chi connectivity index (χ1n) is 16.1. The van der Waals surface area contributed by atoms with E-state index in [9.17, 15) is 10.1 Å². The van der Waals surface area contributed by atoms with E-state index in [0.29, 0.717) is 18.4 Å². The summed E-state index contributed by atoms with van der Waals surface area (Å²) in [6.45, 7) is 15.1. The molecule has 4 rings (SSSR count). The highest BCUT2D eigenvalue weighted by Crippen LogP contribution is 2.31. The van der Waals surface area contributed by atoms with Crippen molar-refractivity contribution in [3.8, 4) is 12.1 Å². The smallest absolute Gasteiger partial charge is 0.407 e. The van der Waals surface area contributed by atoms with Crippen LogP contribution >= 0.6 is 12.4 Å². The molecule has 44 heavy (non-hydrogen) atoms. The summed E-state index contributed by atoms with van der Waals surface area (Å²) in [6.07, 6.45) is 7.70. The molecule has 0 bridgehead atoms. The molecular weight excluding hydrogens is 570 g/mol. The number of hydrogen-bond donors (Lipinski definition) is 1. The van der Waals surface area contributed by atoms with Gasteiger partial charge in [0.25, 0.3) is 0 Å². The normalized spacial score (nSPS) is 16.4. The minimum absolute atomic E-state index is 0. The van der Waals surface area contributed by atoms with Crippen molar-refractivity contribution in [3.63, 3.8) is 0 Å². The zero-order chi connectivity index (χ0) is 31.1. The second-order valence-corrected chi connectivity index (χ2v) is 12.8. The fourth-order valence-corrected chi connectivity index (χ4v) is 6.03. The van der Waals surface area contributed by atoms with Crippen molar-refractivity contribution < 1.29 is 9.53 Å². The van der Waals surface area contributed by atoms with Gasteiger partial charge in [-0.2, -0.15) is 10.5 Å². The van der Waals surface area contributed by atoms with Crippen LogP contribution in [0.4, 0.5) is 4.79 Å². The van der Waals surface area contributed by atoms with E-state index < -0.39 is 5.60 Å². The monoisotopic (exact) mass is 621 g/mol. The van der Waals surface area contributed by atoms with Crippen LogP contribution < -0.4 is 5.32 Å². The number of benzene rings is 2. The number of nitriles is 2. The van der Waals surface area contributed by atoms with Gasteiger partial charge in [0.15, 0.2) is 0 Å². The van der Waals surface area contributed by atoms with E-state index in [-0.39, 0.29) is 18.5 Å². The predicted molar refractivity (Wildman–Crippen MR) is 180 cm³/mol. The van der Waals surface area contributed by atoms with Crippen molar-refractivity contribution in [3.05, 3.63) is 70.8 Å². The first kappa shape index (κ1) is 37.1. The molecule has 2 aliphatic rings. The summed E-state index contributed by atoms with van der Waals surface area (Å²) >= 11 is 0. The van der Waals surface area contributed by atoms with Gasteiger partial charge < -0.3 is 19.9 Å². The number of halogens is 1. The van der Waals surface area contributed by atoms with Crippen LogP contribution in [0.5, 0.6) is 0 Å². The Morgan fingerprint density at radius 2 is 1.25 bits per heavy atom. The van der Waals surface area contributed by atoms with Gasteiger partial charge in [-0.25, -0.2) is 4.79 Å². The number of unbranched alkanes of at least 4 members (excludes halogenated alkanes) is 1. The predicted octanol–water partition coefficient (Wildman–Crippen LogP) is 7.61. The molecule has 1 N–H and O–H groups in total. The highest BCUT2D eigenvalue weighted by atomic mass is 35.5. The van der Waals surface area contributed by atoms with E-state index in [2.05, 4.69) is 52.4 Å². The summed E-state index contributed by atoms with van der Waals surface area (Å²) in [7, 11) is 0. The van der Waals surface area contributed by atoms with E-state index >= 15 is 0 Å². The SMILES string of the molecule is CC(C)(C)OC(=O)NCCCN1CCC(c2ccccc2C#N)CC1.CCCCN1CCC(c2ccccc2C#N)CC1.Cl. The summed E-state index contributed by atoms with van der Waals surface area (Å²) < 4.78 is 5.22. The van der Waals surface area contributed by atoms with Gasteiger partial charge in [0.05, 0.1) is 23.3 Å². The second-order valence-electron chi connectivity index (χ2n) is 12.8. The molecule has 8 heteroatoms. The minimum atomic E-state index is -0.453. The summed E-state index contributed by atoms with van der Waals surface area (Å²) in [4.78, 5) is 16.6. The molecule has 1 amide bonds. The van der Waals surface area contributed by atoms with Crippen LogP contribution in [0.15, 0.2) is 48.5 Å². The van der Waals surface area contributed by atoms with Gasteiger partial charge in [0.2, 0.25) is 0 Å². The van der Waals surface area contributed by atoms with Crippen LogP contribution in [0.3, 0.4) is 0 Å². The van der Waals surface area contributed by atoms with Gasteiger partial charge in [-0.3, -0.25) is 0 Å². The van der Waals surface area contributed by atoms with E-state index in [1.165, 1.54) is 56.4 Å². The van der Waals surface area contributed by atoms with Crippen molar-refractivity contribution in [2.24, 2.45) is 0 Å². The Kier molecular flexibility index (Phi) is 16.3. The maximum atomic E-state index is 11.6. The molecule has 2 saturated heterocycles. The average molecular weight is 622 g/mol. The lowest BCUT2D eigenvalue weighted by Gasteiger charge is -2.32. The van der Waals surface area contributed by atoms with Gasteiger partial charge in [-0.05, 0) is 134 Å². The van der Waals surface area contributed by atoms with Crippen LogP contribution in [-0.4, -0.2) is 67.3 Å². The quantitative estimate of drug-likeness (QED) is 0.290. The highest BCUT2D eigenvalue weighted by molar-refractivity contribution is 5.85. The van der Waals surface area contributed by atoms with Crippen molar-refractivity contribution in [2.75, 3.05) is 45.8 Å². The molecule has 2 heterocycles. The largest absolute Gasteiger partial charge is 0.444 e. The first-order chi connectivity index (χ1) is 20.7. The number of nitrogens with one attached hydrogen (secondary N) is 1. The molecule has 0 aliphatic carbocycles. The van der Waals surface area contributed by atoms with Gasteiger partial charge in [-0.1, -0.05) is 49.7 Å². The molecule has 0 unspecified atom stereocenters. The number of piperidine rings is 2. The number of rotatable bonds is 9. The van der Waals surface area contributed by atoms with Crippen molar-refractivity contribution >= 4 is 18.5 Å². The Hall–Kier alpha value is -3.10. The molecule has 2 fully saturated rings. The third kappa shape index (κ3) is 12.5. The number of carbonyl (C=O) groups excluding carboxylic acids is 1. The fraction of sp³-hybridized carbons (Fsp3) is 0.583. The zero-order valence-corrected chi connectivity index (χ0v) is 28.0. The Balaban J connectivity index is 0.000000315. The Labute approximate surface area is 272 Å². The zero-order valence-electron chi connectivity index (χ0n) is 27.2. The number of alkyl carbamates (subject to hydrolysis) is 1. The standard InChI is InChI=1S/C20H29N3O2.C16H22N2.ClH/c1-20(2,3)25-19(24)22-11-6-12-23-13-9-16(10-14-23)18-8-5-4-7-17(18)15-21;1-2-3-10-18-11-8-14(9-12-18)16-7-5-4-6-15(16)13-17;/h4-5,7-8,16H,6,9-14H2,1-3H3,(H,22,24);4-7,14H,2-3,8-12H2,1H3;1H. The summed E-state index contributed by atoms with van der Waals surface area (Å²) in [6, 6.07) is 20.7. The fourth-order valence-electron chi connectivity index (χ4n) is 6.03. The Morgan fingerprint density at radius 3 is 1.66 bits per heavy atom. The lowest BCUT2D eigenvalue weighted by Crippen LogP contribution is -2.37. The molecule has 0 atom stereocenters. The molecule has 0 aromatic heterocycles. The third-order valence-electron chi connectivity index (χ3n) is 8.36. The van der Waals surface area contributed by atoms with E-state index in [0.717, 1.165) is 50.0 Å². The lowest BCUT2D eigenvalue weighted by atomic mass is 9.87. The van der Waals surface area contributed by atoms with Crippen molar-refractivity contribution in [1.82, 2.24) is 15.1 Å². The molecule has 0 radical (unpaired) electrons. The number of hydrogen-bond acceptors (Lipinski definition) is 6.